The van der Waals surface area contributed by atoms with Gasteiger partial charge in [0.2, 0.25) is 0 Å². The van der Waals surface area contributed by atoms with Gasteiger partial charge in [-0.25, -0.2) is 9.59 Å². The van der Waals surface area contributed by atoms with Crippen LogP contribution in [-0.2, 0) is 0 Å². The van der Waals surface area contributed by atoms with Crippen LogP contribution in [0.3, 0.4) is 0 Å². The fraction of sp³-hybridized carbons (Fsp3) is 0.111. The molecule has 1 aromatic carbocycles. The van der Waals surface area contributed by atoms with Gasteiger partial charge in [-0.3, -0.25) is 4.98 Å². The van der Waals surface area contributed by atoms with Gasteiger partial charge in [0, 0.05) is 4.47 Å². The van der Waals surface area contributed by atoms with Gasteiger partial charge in [0.1, 0.15) is 0 Å². The number of aromatic amines is 1. The van der Waals surface area contributed by atoms with Crippen molar-refractivity contribution in [3.05, 3.63) is 43.1 Å². The Morgan fingerprint density at radius 3 is 2.79 bits per heavy atom. The molecule has 0 bridgehead atoms. The van der Waals surface area contributed by atoms with Gasteiger partial charge < -0.3 is 4.42 Å². The highest BCUT2D eigenvalue weighted by Gasteiger charge is 2.08. The number of aromatic nitrogens is 1. The first-order chi connectivity index (χ1) is 6.59. The molecule has 0 saturated heterocycles. The minimum atomic E-state index is -0.733. The number of aryl methyl sites for hydroxylation is 1. The molecule has 1 N–H and O–H groups in total. The summed E-state index contributed by atoms with van der Waals surface area (Å²) >= 11 is 3.22. The van der Waals surface area contributed by atoms with E-state index in [0.29, 0.717) is 15.4 Å². The summed E-state index contributed by atoms with van der Waals surface area (Å²) in [4.78, 5) is 24.8. The molecule has 0 unspecified atom stereocenters. The number of H-pyrrole nitrogens is 1. The number of nitrogens with one attached hydrogen (secondary N) is 1. The maximum atomic E-state index is 11.4. The van der Waals surface area contributed by atoms with Crippen LogP contribution in [0.2, 0.25) is 0 Å². The largest absolute Gasteiger partial charge is 0.419 e. The SMILES string of the molecule is Cc1ccc(Br)c2c(=O)oc(=O)[nH]c12. The van der Waals surface area contributed by atoms with Gasteiger partial charge in [0.25, 0.3) is 0 Å². The summed E-state index contributed by atoms with van der Waals surface area (Å²) < 4.78 is 5.04. The summed E-state index contributed by atoms with van der Waals surface area (Å²) in [5.74, 6) is -0.733. The smallest absolute Gasteiger partial charge is 0.372 e. The average molecular weight is 256 g/mol. The molecule has 5 heteroatoms. The summed E-state index contributed by atoms with van der Waals surface area (Å²) in [6.45, 7) is 1.81. The van der Waals surface area contributed by atoms with Crippen LogP contribution in [-0.4, -0.2) is 4.98 Å². The highest BCUT2D eigenvalue weighted by Crippen LogP contribution is 2.20. The molecule has 14 heavy (non-hydrogen) atoms. The highest BCUT2D eigenvalue weighted by molar-refractivity contribution is 9.10. The van der Waals surface area contributed by atoms with Gasteiger partial charge in [-0.1, -0.05) is 6.07 Å². The Hall–Kier alpha value is -1.36. The molecule has 1 heterocycles. The molecule has 0 fully saturated rings. The van der Waals surface area contributed by atoms with Crippen LogP contribution < -0.4 is 11.4 Å². The quantitative estimate of drug-likeness (QED) is 0.777. The van der Waals surface area contributed by atoms with Gasteiger partial charge in [-0.2, -0.15) is 0 Å². The molecule has 72 valence electrons. The van der Waals surface area contributed by atoms with E-state index >= 15 is 0 Å². The van der Waals surface area contributed by atoms with Gasteiger partial charge in [-0.15, -0.1) is 0 Å². The molecule has 0 amide bonds. The second-order valence-corrected chi connectivity index (χ2v) is 3.77. The second-order valence-electron chi connectivity index (χ2n) is 2.92. The number of hydrogen-bond acceptors (Lipinski definition) is 3. The van der Waals surface area contributed by atoms with Crippen LogP contribution in [0.1, 0.15) is 5.56 Å². The van der Waals surface area contributed by atoms with Crippen LogP contribution in [0.15, 0.2) is 30.6 Å². The molecule has 2 aromatic rings. The number of rotatable bonds is 0. The minimum absolute atomic E-state index is 0.365. The van der Waals surface area contributed by atoms with E-state index in [1.54, 1.807) is 6.07 Å². The van der Waals surface area contributed by atoms with Gasteiger partial charge >= 0.3 is 11.4 Å². The molecule has 0 atom stereocenters. The highest BCUT2D eigenvalue weighted by atomic mass is 79.9. The van der Waals surface area contributed by atoms with Crippen LogP contribution in [0.25, 0.3) is 10.9 Å². The maximum Gasteiger partial charge on any atom is 0.419 e. The van der Waals surface area contributed by atoms with E-state index in [1.807, 2.05) is 13.0 Å². The third kappa shape index (κ3) is 1.29. The number of fused-ring (bicyclic) bond motifs is 1. The van der Waals surface area contributed by atoms with E-state index in [1.165, 1.54) is 0 Å². The zero-order chi connectivity index (χ0) is 10.3. The van der Waals surface area contributed by atoms with Crippen LogP contribution in [0.5, 0.6) is 0 Å². The van der Waals surface area contributed by atoms with Crippen molar-refractivity contribution in [2.45, 2.75) is 6.92 Å². The summed E-state index contributed by atoms with van der Waals surface area (Å²) in [6, 6.07) is 3.55. The summed E-state index contributed by atoms with van der Waals surface area (Å²) in [7, 11) is 0. The lowest BCUT2D eigenvalue weighted by atomic mass is 10.1. The van der Waals surface area contributed by atoms with Crippen LogP contribution in [0, 0.1) is 6.92 Å². The Kier molecular flexibility index (Phi) is 2.03. The summed E-state index contributed by atoms with van der Waals surface area (Å²) in [5, 5.41) is 0.365. The van der Waals surface area contributed by atoms with Crippen molar-refractivity contribution < 1.29 is 4.42 Å². The third-order valence-corrected chi connectivity index (χ3v) is 2.64. The second kappa shape index (κ2) is 3.09. The first kappa shape index (κ1) is 9.21. The monoisotopic (exact) mass is 255 g/mol. The van der Waals surface area contributed by atoms with Gasteiger partial charge in [0.05, 0.1) is 10.9 Å². The predicted octanol–water partition coefficient (Wildman–Crippen LogP) is 1.55. The Labute approximate surface area is 86.7 Å². The maximum absolute atomic E-state index is 11.4. The molecular formula is C9H6BrNO3. The van der Waals surface area contributed by atoms with Crippen molar-refractivity contribution in [2.24, 2.45) is 0 Å². The Bertz CT molecular complexity index is 611. The van der Waals surface area contributed by atoms with E-state index in [0.717, 1.165) is 5.56 Å². The Balaban J connectivity index is 3.16. The molecule has 0 spiro atoms. The van der Waals surface area contributed by atoms with Crippen LogP contribution >= 0.6 is 15.9 Å². The Morgan fingerprint density at radius 1 is 1.36 bits per heavy atom. The van der Waals surface area contributed by atoms with Crippen molar-refractivity contribution in [2.75, 3.05) is 0 Å². The normalized spacial score (nSPS) is 10.7. The minimum Gasteiger partial charge on any atom is -0.372 e. The lowest BCUT2D eigenvalue weighted by Crippen LogP contribution is -2.15. The molecular weight excluding hydrogens is 250 g/mol. The molecule has 0 radical (unpaired) electrons. The first-order valence-electron chi connectivity index (χ1n) is 3.92. The third-order valence-electron chi connectivity index (χ3n) is 1.98. The van der Waals surface area contributed by atoms with E-state index in [-0.39, 0.29) is 0 Å². The average Bonchev–Trinajstić information content (AvgIpc) is 2.10. The fourth-order valence-electron chi connectivity index (χ4n) is 1.30. The van der Waals surface area contributed by atoms with Gasteiger partial charge in [-0.05, 0) is 34.5 Å². The lowest BCUT2D eigenvalue weighted by Gasteiger charge is -2.00. The molecule has 0 aliphatic heterocycles. The Morgan fingerprint density at radius 2 is 2.07 bits per heavy atom. The van der Waals surface area contributed by atoms with E-state index in [2.05, 4.69) is 25.3 Å². The van der Waals surface area contributed by atoms with Crippen molar-refractivity contribution in [1.29, 1.82) is 0 Å². The standard InChI is InChI=1S/C9H6BrNO3/c1-4-2-3-5(10)6-7(4)11-9(13)14-8(6)12/h2-3H,1H3,(H,11,13). The van der Waals surface area contributed by atoms with Crippen molar-refractivity contribution in [1.82, 2.24) is 4.98 Å². The zero-order valence-electron chi connectivity index (χ0n) is 7.26. The van der Waals surface area contributed by atoms with Crippen molar-refractivity contribution in [3.63, 3.8) is 0 Å². The summed E-state index contributed by atoms with van der Waals surface area (Å²) in [5.41, 5.74) is 0.716. The predicted molar refractivity (Wildman–Crippen MR) is 55.5 cm³/mol. The molecule has 2 rings (SSSR count). The number of hydrogen-bond donors (Lipinski definition) is 1. The molecule has 0 aliphatic carbocycles. The van der Waals surface area contributed by atoms with E-state index in [9.17, 15) is 9.59 Å². The number of benzene rings is 1. The van der Waals surface area contributed by atoms with E-state index < -0.39 is 11.4 Å². The molecule has 0 aliphatic rings. The molecule has 0 saturated carbocycles. The molecule has 1 aromatic heterocycles. The topological polar surface area (TPSA) is 63.1 Å². The van der Waals surface area contributed by atoms with Crippen LogP contribution in [0.4, 0.5) is 0 Å². The fourth-order valence-corrected chi connectivity index (χ4v) is 1.80. The lowest BCUT2D eigenvalue weighted by molar-refractivity contribution is 0.459. The van der Waals surface area contributed by atoms with Gasteiger partial charge in [0.15, 0.2) is 0 Å². The van der Waals surface area contributed by atoms with E-state index in [4.69, 9.17) is 0 Å². The molecule has 4 nitrogen and oxygen atoms in total. The number of halogens is 1. The van der Waals surface area contributed by atoms with Crippen molar-refractivity contribution in [3.8, 4) is 0 Å². The zero-order valence-corrected chi connectivity index (χ0v) is 8.84. The first-order valence-corrected chi connectivity index (χ1v) is 4.71. The summed E-state index contributed by atoms with van der Waals surface area (Å²) in [6.07, 6.45) is 0. The van der Waals surface area contributed by atoms with Crippen molar-refractivity contribution >= 4 is 26.8 Å².